The molecule has 0 aliphatic heterocycles. The molecule has 3 saturated carbocycles. The Labute approximate surface area is 94.4 Å². The Morgan fingerprint density at radius 3 is 2.19 bits per heavy atom. The molecule has 0 aromatic heterocycles. The van der Waals surface area contributed by atoms with Gasteiger partial charge >= 0.3 is 5.97 Å². The number of carboxylic acids is 1. The van der Waals surface area contributed by atoms with Gasteiger partial charge in [-0.05, 0) is 37.5 Å². The van der Waals surface area contributed by atoms with Crippen LogP contribution in [0.15, 0.2) is 0 Å². The molecule has 3 aliphatic rings. The van der Waals surface area contributed by atoms with Gasteiger partial charge in [-0.3, -0.25) is 4.79 Å². The lowest BCUT2D eigenvalue weighted by Crippen LogP contribution is -2.53. The standard InChI is InChI=1S/C12H17NO3/c14-9(8-7-11(8)5-6-11)13-12(10(15)16)3-1-2-4-12/h8H,1-7H2,(H,13,14)(H,15,16). The van der Waals surface area contributed by atoms with Gasteiger partial charge in [0.05, 0.1) is 0 Å². The molecule has 0 aromatic rings. The van der Waals surface area contributed by atoms with Crippen LogP contribution in [-0.2, 0) is 9.59 Å². The molecule has 2 N–H and O–H groups in total. The highest BCUT2D eigenvalue weighted by atomic mass is 16.4. The van der Waals surface area contributed by atoms with Crippen LogP contribution in [0.1, 0.15) is 44.9 Å². The fraction of sp³-hybridized carbons (Fsp3) is 0.833. The lowest BCUT2D eigenvalue weighted by atomic mass is 9.97. The SMILES string of the molecule is O=C(NC1(C(=O)O)CCCC1)C1CC12CC2. The Hall–Kier alpha value is -1.06. The molecular weight excluding hydrogens is 206 g/mol. The maximum Gasteiger partial charge on any atom is 0.329 e. The van der Waals surface area contributed by atoms with Gasteiger partial charge in [0.2, 0.25) is 5.91 Å². The van der Waals surface area contributed by atoms with Crippen LogP contribution in [0, 0.1) is 11.3 Å². The second kappa shape index (κ2) is 2.99. The first kappa shape index (κ1) is 10.1. The minimum atomic E-state index is -0.949. The number of hydrogen-bond donors (Lipinski definition) is 2. The second-order valence-corrected chi connectivity index (χ2v) is 5.70. The van der Waals surface area contributed by atoms with Crippen LogP contribution in [0.25, 0.3) is 0 Å². The van der Waals surface area contributed by atoms with E-state index in [-0.39, 0.29) is 11.8 Å². The molecule has 88 valence electrons. The van der Waals surface area contributed by atoms with E-state index in [1.165, 1.54) is 0 Å². The lowest BCUT2D eigenvalue weighted by molar-refractivity contribution is -0.147. The number of aliphatic carboxylic acids is 1. The third-order valence-electron chi connectivity index (χ3n) is 4.63. The fourth-order valence-corrected chi connectivity index (χ4v) is 3.13. The van der Waals surface area contributed by atoms with Crippen molar-refractivity contribution >= 4 is 11.9 Å². The smallest absolute Gasteiger partial charge is 0.329 e. The van der Waals surface area contributed by atoms with Crippen molar-refractivity contribution in [2.24, 2.45) is 11.3 Å². The lowest BCUT2D eigenvalue weighted by Gasteiger charge is -2.25. The van der Waals surface area contributed by atoms with E-state index in [0.29, 0.717) is 18.3 Å². The highest BCUT2D eigenvalue weighted by Crippen LogP contribution is 2.70. The summed E-state index contributed by atoms with van der Waals surface area (Å²) in [7, 11) is 0. The molecule has 1 unspecified atom stereocenters. The number of carboxylic acid groups (broad SMARTS) is 1. The third kappa shape index (κ3) is 1.35. The summed E-state index contributed by atoms with van der Waals surface area (Å²) in [5, 5.41) is 12.1. The van der Waals surface area contributed by atoms with Crippen molar-refractivity contribution < 1.29 is 14.7 Å². The first-order valence-corrected chi connectivity index (χ1v) is 6.14. The Bertz CT molecular complexity index is 353. The molecule has 4 nitrogen and oxygen atoms in total. The third-order valence-corrected chi connectivity index (χ3v) is 4.63. The van der Waals surface area contributed by atoms with Crippen LogP contribution < -0.4 is 5.32 Å². The fourth-order valence-electron chi connectivity index (χ4n) is 3.13. The maximum absolute atomic E-state index is 12.0. The quantitative estimate of drug-likeness (QED) is 0.757. The number of amides is 1. The van der Waals surface area contributed by atoms with Crippen molar-refractivity contribution in [3.05, 3.63) is 0 Å². The van der Waals surface area contributed by atoms with Gasteiger partial charge in [0.15, 0.2) is 0 Å². The molecule has 0 saturated heterocycles. The van der Waals surface area contributed by atoms with Crippen LogP contribution in [-0.4, -0.2) is 22.5 Å². The molecule has 1 atom stereocenters. The largest absolute Gasteiger partial charge is 0.480 e. The Morgan fingerprint density at radius 1 is 1.12 bits per heavy atom. The van der Waals surface area contributed by atoms with E-state index >= 15 is 0 Å². The van der Waals surface area contributed by atoms with E-state index in [0.717, 1.165) is 32.1 Å². The Kier molecular flexibility index (Phi) is 1.89. The summed E-state index contributed by atoms with van der Waals surface area (Å²) in [4.78, 5) is 23.2. The molecule has 3 fully saturated rings. The molecule has 0 bridgehead atoms. The summed E-state index contributed by atoms with van der Waals surface area (Å²) in [6, 6.07) is 0. The van der Waals surface area contributed by atoms with Gasteiger partial charge in [-0.15, -0.1) is 0 Å². The highest BCUT2D eigenvalue weighted by Gasteiger charge is 2.66. The summed E-state index contributed by atoms with van der Waals surface area (Å²) in [5.74, 6) is -0.755. The van der Waals surface area contributed by atoms with Crippen molar-refractivity contribution in [1.82, 2.24) is 5.32 Å². The summed E-state index contributed by atoms with van der Waals surface area (Å²) < 4.78 is 0. The Morgan fingerprint density at radius 2 is 1.75 bits per heavy atom. The van der Waals surface area contributed by atoms with E-state index in [1.54, 1.807) is 0 Å². The second-order valence-electron chi connectivity index (χ2n) is 5.70. The molecule has 3 aliphatic carbocycles. The predicted molar refractivity (Wildman–Crippen MR) is 56.8 cm³/mol. The monoisotopic (exact) mass is 223 g/mol. The summed E-state index contributed by atoms with van der Waals surface area (Å²) in [5.41, 5.74) is -0.641. The molecule has 0 radical (unpaired) electrons. The van der Waals surface area contributed by atoms with E-state index < -0.39 is 11.5 Å². The van der Waals surface area contributed by atoms with Gasteiger partial charge in [0.25, 0.3) is 0 Å². The number of hydrogen-bond acceptors (Lipinski definition) is 2. The average Bonchev–Trinajstić information content (AvgIpc) is 3.12. The van der Waals surface area contributed by atoms with E-state index in [1.807, 2.05) is 0 Å². The zero-order valence-corrected chi connectivity index (χ0v) is 9.29. The zero-order chi connectivity index (χ0) is 11.4. The molecule has 4 heteroatoms. The van der Waals surface area contributed by atoms with Crippen molar-refractivity contribution in [3.8, 4) is 0 Å². The van der Waals surface area contributed by atoms with Gasteiger partial charge in [-0.1, -0.05) is 12.8 Å². The molecular formula is C12H17NO3. The van der Waals surface area contributed by atoms with Crippen LogP contribution in [0.5, 0.6) is 0 Å². The van der Waals surface area contributed by atoms with Gasteiger partial charge in [-0.2, -0.15) is 0 Å². The van der Waals surface area contributed by atoms with Crippen molar-refractivity contribution in [2.45, 2.75) is 50.5 Å². The topological polar surface area (TPSA) is 66.4 Å². The minimum absolute atomic E-state index is 0.0122. The molecule has 0 aromatic carbocycles. The normalized spacial score (nSPS) is 32.4. The zero-order valence-electron chi connectivity index (χ0n) is 9.29. The molecule has 3 rings (SSSR count). The first-order chi connectivity index (χ1) is 7.58. The molecule has 1 amide bonds. The highest BCUT2D eigenvalue weighted by molar-refractivity contribution is 5.90. The predicted octanol–water partition coefficient (Wildman–Crippen LogP) is 1.30. The van der Waals surface area contributed by atoms with E-state index in [9.17, 15) is 14.7 Å². The van der Waals surface area contributed by atoms with E-state index in [2.05, 4.69) is 5.32 Å². The first-order valence-electron chi connectivity index (χ1n) is 6.14. The maximum atomic E-state index is 12.0. The molecule has 1 spiro atoms. The van der Waals surface area contributed by atoms with Crippen LogP contribution in [0.2, 0.25) is 0 Å². The van der Waals surface area contributed by atoms with E-state index in [4.69, 9.17) is 0 Å². The summed E-state index contributed by atoms with van der Waals surface area (Å²) in [6.07, 6.45) is 6.29. The molecule has 16 heavy (non-hydrogen) atoms. The average molecular weight is 223 g/mol. The Balaban J connectivity index is 1.67. The van der Waals surface area contributed by atoms with Crippen molar-refractivity contribution in [1.29, 1.82) is 0 Å². The van der Waals surface area contributed by atoms with Crippen molar-refractivity contribution in [2.75, 3.05) is 0 Å². The van der Waals surface area contributed by atoms with Gasteiger partial charge < -0.3 is 10.4 Å². The minimum Gasteiger partial charge on any atom is -0.480 e. The van der Waals surface area contributed by atoms with Gasteiger partial charge in [0.1, 0.15) is 5.54 Å². The van der Waals surface area contributed by atoms with Crippen molar-refractivity contribution in [3.63, 3.8) is 0 Å². The van der Waals surface area contributed by atoms with Gasteiger partial charge in [-0.25, -0.2) is 4.79 Å². The number of nitrogens with one attached hydrogen (secondary N) is 1. The summed E-state index contributed by atoms with van der Waals surface area (Å²) in [6.45, 7) is 0. The number of rotatable bonds is 3. The number of carbonyl (C=O) groups excluding carboxylic acids is 1. The molecule has 0 heterocycles. The van der Waals surface area contributed by atoms with Crippen LogP contribution in [0.4, 0.5) is 0 Å². The number of carbonyl (C=O) groups is 2. The van der Waals surface area contributed by atoms with Gasteiger partial charge in [0, 0.05) is 5.92 Å². The van der Waals surface area contributed by atoms with Crippen LogP contribution in [0.3, 0.4) is 0 Å². The summed E-state index contributed by atoms with van der Waals surface area (Å²) >= 11 is 0. The van der Waals surface area contributed by atoms with Crippen LogP contribution >= 0.6 is 0 Å².